The standard InChI is InChI=1S/C18H28O7/c1-11(19)8-14-9-17(23-7-5-4-6-16(21)22)25-18(12(14)2)10-15(18)24-13(3)20/h12,14-15,17H,4-10H2,1-3H3,(H,21,22)/t12-,14-,15?,17-,18?/m1/s1. The van der Waals surface area contributed by atoms with Gasteiger partial charge in [0.05, 0.1) is 0 Å². The molecule has 1 spiro atoms. The number of ketones is 1. The fourth-order valence-electron chi connectivity index (χ4n) is 3.75. The topological polar surface area (TPSA) is 99.1 Å². The van der Waals surface area contributed by atoms with E-state index >= 15 is 0 Å². The Morgan fingerprint density at radius 3 is 2.56 bits per heavy atom. The minimum absolute atomic E-state index is 0.104. The Kier molecular flexibility index (Phi) is 6.57. The van der Waals surface area contributed by atoms with Gasteiger partial charge in [-0.2, -0.15) is 0 Å². The Morgan fingerprint density at radius 1 is 1.24 bits per heavy atom. The lowest BCUT2D eigenvalue weighted by Crippen LogP contribution is -2.45. The summed E-state index contributed by atoms with van der Waals surface area (Å²) in [5, 5.41) is 8.65. The van der Waals surface area contributed by atoms with Crippen LogP contribution < -0.4 is 0 Å². The molecule has 1 aliphatic carbocycles. The number of carboxylic acids is 1. The molecule has 0 amide bonds. The maximum atomic E-state index is 11.6. The number of unbranched alkanes of at least 4 members (excludes halogenated alkanes) is 1. The van der Waals surface area contributed by atoms with Gasteiger partial charge in [-0.05, 0) is 31.6 Å². The minimum Gasteiger partial charge on any atom is -0.481 e. The highest BCUT2D eigenvalue weighted by atomic mass is 16.7. The highest BCUT2D eigenvalue weighted by Crippen LogP contribution is 2.56. The van der Waals surface area contributed by atoms with Crippen molar-refractivity contribution in [2.75, 3.05) is 6.61 Å². The maximum Gasteiger partial charge on any atom is 0.303 e. The number of ether oxygens (including phenoxy) is 3. The SMILES string of the molecule is CC(=O)C[C@@H]1C[C@H](OCCCCC(=O)O)OC2(CC2OC(C)=O)[C@@H]1C. The number of carboxylic acid groups (broad SMARTS) is 1. The molecule has 0 radical (unpaired) electrons. The highest BCUT2D eigenvalue weighted by Gasteiger charge is 2.66. The van der Waals surface area contributed by atoms with Crippen LogP contribution in [0.1, 0.15) is 59.3 Å². The van der Waals surface area contributed by atoms with Crippen molar-refractivity contribution in [3.05, 3.63) is 0 Å². The summed E-state index contributed by atoms with van der Waals surface area (Å²) >= 11 is 0. The third kappa shape index (κ3) is 5.25. The molecule has 1 aliphatic heterocycles. The lowest BCUT2D eigenvalue weighted by atomic mass is 9.79. The van der Waals surface area contributed by atoms with E-state index in [1.165, 1.54) is 6.92 Å². The molecular weight excluding hydrogens is 328 g/mol. The van der Waals surface area contributed by atoms with Crippen molar-refractivity contribution in [2.45, 2.75) is 77.3 Å². The Labute approximate surface area is 148 Å². The molecule has 5 atom stereocenters. The molecule has 2 unspecified atom stereocenters. The van der Waals surface area contributed by atoms with Gasteiger partial charge in [0, 0.05) is 39.2 Å². The summed E-state index contributed by atoms with van der Waals surface area (Å²) < 4.78 is 17.2. The second-order valence-corrected chi connectivity index (χ2v) is 7.22. The largest absolute Gasteiger partial charge is 0.481 e. The lowest BCUT2D eigenvalue weighted by Gasteiger charge is -2.41. The molecule has 1 saturated heterocycles. The average Bonchev–Trinajstić information content (AvgIpc) is 3.15. The molecule has 0 aromatic heterocycles. The van der Waals surface area contributed by atoms with Gasteiger partial charge < -0.3 is 24.1 Å². The normalized spacial score (nSPS) is 33.9. The zero-order valence-corrected chi connectivity index (χ0v) is 15.2. The van der Waals surface area contributed by atoms with E-state index in [1.54, 1.807) is 6.92 Å². The quantitative estimate of drug-likeness (QED) is 0.500. The van der Waals surface area contributed by atoms with Crippen molar-refractivity contribution in [3.63, 3.8) is 0 Å². The van der Waals surface area contributed by atoms with Crippen molar-refractivity contribution in [1.82, 2.24) is 0 Å². The summed E-state index contributed by atoms with van der Waals surface area (Å²) in [6.45, 7) is 5.41. The van der Waals surface area contributed by atoms with E-state index in [2.05, 4.69) is 0 Å². The maximum absolute atomic E-state index is 11.6. The fourth-order valence-corrected chi connectivity index (χ4v) is 3.75. The van der Waals surface area contributed by atoms with Crippen LogP contribution in [-0.2, 0) is 28.6 Å². The van der Waals surface area contributed by atoms with Crippen LogP contribution in [0, 0.1) is 11.8 Å². The summed E-state index contributed by atoms with van der Waals surface area (Å²) in [7, 11) is 0. The molecule has 1 N–H and O–H groups in total. The molecule has 0 bridgehead atoms. The van der Waals surface area contributed by atoms with Crippen molar-refractivity contribution < 1.29 is 33.7 Å². The summed E-state index contributed by atoms with van der Waals surface area (Å²) in [5.41, 5.74) is -0.560. The zero-order chi connectivity index (χ0) is 18.6. The molecule has 2 rings (SSSR count). The van der Waals surface area contributed by atoms with Crippen molar-refractivity contribution in [3.8, 4) is 0 Å². The van der Waals surface area contributed by atoms with Crippen LogP contribution in [0.2, 0.25) is 0 Å². The molecule has 0 aromatic rings. The highest BCUT2D eigenvalue weighted by molar-refractivity contribution is 5.75. The van der Waals surface area contributed by atoms with Gasteiger partial charge in [0.1, 0.15) is 17.5 Å². The molecule has 7 nitrogen and oxygen atoms in total. The Hall–Kier alpha value is -1.47. The minimum atomic E-state index is -0.814. The molecule has 1 heterocycles. The Morgan fingerprint density at radius 2 is 1.96 bits per heavy atom. The second-order valence-electron chi connectivity index (χ2n) is 7.22. The van der Waals surface area contributed by atoms with E-state index in [0.717, 1.165) is 0 Å². The monoisotopic (exact) mass is 356 g/mol. The molecule has 7 heteroatoms. The van der Waals surface area contributed by atoms with E-state index in [9.17, 15) is 14.4 Å². The third-order valence-electron chi connectivity index (χ3n) is 5.16. The Balaban J connectivity index is 1.93. The van der Waals surface area contributed by atoms with Crippen LogP contribution in [-0.4, -0.2) is 47.4 Å². The first-order valence-corrected chi connectivity index (χ1v) is 8.92. The number of hydrogen-bond acceptors (Lipinski definition) is 6. The number of rotatable bonds is 9. The number of carbonyl (C=O) groups is 3. The number of aliphatic carboxylic acids is 1. The van der Waals surface area contributed by atoms with Gasteiger partial charge in [0.15, 0.2) is 6.29 Å². The van der Waals surface area contributed by atoms with Gasteiger partial charge in [-0.1, -0.05) is 6.92 Å². The van der Waals surface area contributed by atoms with E-state index in [-0.39, 0.29) is 36.1 Å². The first-order valence-electron chi connectivity index (χ1n) is 8.92. The molecule has 2 aliphatic rings. The first kappa shape index (κ1) is 19.8. The van der Waals surface area contributed by atoms with E-state index in [0.29, 0.717) is 38.7 Å². The molecular formula is C18H28O7. The Bertz CT molecular complexity index is 518. The van der Waals surface area contributed by atoms with Gasteiger partial charge in [0.25, 0.3) is 0 Å². The molecule has 2 fully saturated rings. The van der Waals surface area contributed by atoms with Crippen molar-refractivity contribution in [2.24, 2.45) is 11.8 Å². The lowest BCUT2D eigenvalue weighted by molar-refractivity contribution is -0.244. The van der Waals surface area contributed by atoms with Crippen LogP contribution in [0.15, 0.2) is 0 Å². The van der Waals surface area contributed by atoms with Gasteiger partial charge in [-0.3, -0.25) is 9.59 Å². The van der Waals surface area contributed by atoms with Crippen LogP contribution >= 0.6 is 0 Å². The van der Waals surface area contributed by atoms with Crippen LogP contribution in [0.3, 0.4) is 0 Å². The summed E-state index contributed by atoms with van der Waals surface area (Å²) in [4.78, 5) is 33.4. The first-order chi connectivity index (χ1) is 11.7. The van der Waals surface area contributed by atoms with Crippen LogP contribution in [0.4, 0.5) is 0 Å². The average molecular weight is 356 g/mol. The predicted octanol–water partition coefficient (Wildman–Crippen LogP) is 2.31. The van der Waals surface area contributed by atoms with Crippen molar-refractivity contribution >= 4 is 17.7 Å². The predicted molar refractivity (Wildman–Crippen MR) is 87.8 cm³/mol. The molecule has 142 valence electrons. The number of Topliss-reactive ketones (excluding diaryl/α,β-unsaturated/α-hetero) is 1. The van der Waals surface area contributed by atoms with Gasteiger partial charge in [-0.25, -0.2) is 0 Å². The van der Waals surface area contributed by atoms with E-state index in [4.69, 9.17) is 19.3 Å². The third-order valence-corrected chi connectivity index (χ3v) is 5.16. The molecule has 25 heavy (non-hydrogen) atoms. The smallest absolute Gasteiger partial charge is 0.303 e. The number of esters is 1. The summed E-state index contributed by atoms with van der Waals surface area (Å²) in [5.74, 6) is -0.801. The van der Waals surface area contributed by atoms with Gasteiger partial charge >= 0.3 is 11.9 Å². The molecule has 1 saturated carbocycles. The van der Waals surface area contributed by atoms with Crippen LogP contribution in [0.25, 0.3) is 0 Å². The van der Waals surface area contributed by atoms with E-state index < -0.39 is 17.9 Å². The van der Waals surface area contributed by atoms with Crippen molar-refractivity contribution in [1.29, 1.82) is 0 Å². The zero-order valence-electron chi connectivity index (χ0n) is 15.2. The summed E-state index contributed by atoms with van der Waals surface area (Å²) in [6, 6.07) is 0. The van der Waals surface area contributed by atoms with Gasteiger partial charge in [0.2, 0.25) is 0 Å². The summed E-state index contributed by atoms with van der Waals surface area (Å²) in [6.07, 6.45) is 2.28. The van der Waals surface area contributed by atoms with E-state index in [1.807, 2.05) is 6.92 Å². The fraction of sp³-hybridized carbons (Fsp3) is 0.833. The number of carbonyl (C=O) groups excluding carboxylic acids is 2. The van der Waals surface area contributed by atoms with Crippen LogP contribution in [0.5, 0.6) is 0 Å². The molecule has 0 aromatic carbocycles. The number of hydrogen-bond donors (Lipinski definition) is 1. The second kappa shape index (κ2) is 8.27. The van der Waals surface area contributed by atoms with Gasteiger partial charge in [-0.15, -0.1) is 0 Å².